The molecule has 6 nitrogen and oxygen atoms in total. The number of hydrogen-bond acceptors (Lipinski definition) is 5. The smallest absolute Gasteiger partial charge is 0.412 e. The van der Waals surface area contributed by atoms with E-state index in [0.29, 0.717) is 6.61 Å². The standard InChI is InChI=1S/C19H37NO5Si/c1-17(2,3)24-16(22)20-14(13-23-19(20,7)8)15(11-12-21)25-26(9,10)18(4,5)6/h12,14-15H,11,13H2,1-10H3/t14-,15-/m0/s1. The van der Waals surface area contributed by atoms with Crippen LogP contribution in [0.25, 0.3) is 0 Å². The summed E-state index contributed by atoms with van der Waals surface area (Å²) in [5, 5.41) is -0.000137. The van der Waals surface area contributed by atoms with E-state index in [1.165, 1.54) is 0 Å². The van der Waals surface area contributed by atoms with Gasteiger partial charge < -0.3 is 18.7 Å². The van der Waals surface area contributed by atoms with Crippen LogP contribution in [0.5, 0.6) is 0 Å². The zero-order valence-corrected chi connectivity index (χ0v) is 19.1. The van der Waals surface area contributed by atoms with E-state index in [1.807, 2.05) is 34.6 Å². The van der Waals surface area contributed by atoms with Crippen LogP contribution in [0.1, 0.15) is 61.8 Å². The molecule has 0 aliphatic carbocycles. The fourth-order valence-corrected chi connectivity index (χ4v) is 4.07. The highest BCUT2D eigenvalue weighted by Crippen LogP contribution is 2.40. The van der Waals surface area contributed by atoms with Gasteiger partial charge in [0, 0.05) is 6.42 Å². The summed E-state index contributed by atoms with van der Waals surface area (Å²) in [6.07, 6.45) is 0.217. The summed E-state index contributed by atoms with van der Waals surface area (Å²) in [6.45, 7) is 20.2. The predicted octanol–water partition coefficient (Wildman–Crippen LogP) is 4.34. The molecule has 1 saturated heterocycles. The van der Waals surface area contributed by atoms with Crippen molar-refractivity contribution in [1.29, 1.82) is 0 Å². The zero-order valence-electron chi connectivity index (χ0n) is 18.1. The van der Waals surface area contributed by atoms with Gasteiger partial charge in [-0.1, -0.05) is 20.8 Å². The molecular formula is C19H37NO5Si. The fraction of sp³-hybridized carbons (Fsp3) is 0.895. The molecule has 2 atom stereocenters. The van der Waals surface area contributed by atoms with E-state index in [9.17, 15) is 9.59 Å². The maximum absolute atomic E-state index is 12.8. The first kappa shape index (κ1) is 23.1. The topological polar surface area (TPSA) is 65.1 Å². The lowest BCUT2D eigenvalue weighted by molar-refractivity contribution is -0.110. The highest BCUT2D eigenvalue weighted by Gasteiger charge is 2.51. The largest absolute Gasteiger partial charge is 0.444 e. The van der Waals surface area contributed by atoms with E-state index < -0.39 is 31.8 Å². The van der Waals surface area contributed by atoms with Gasteiger partial charge in [0.1, 0.15) is 17.6 Å². The van der Waals surface area contributed by atoms with Crippen molar-refractivity contribution in [3.05, 3.63) is 0 Å². The van der Waals surface area contributed by atoms with Gasteiger partial charge in [0.2, 0.25) is 0 Å². The van der Waals surface area contributed by atoms with Crippen molar-refractivity contribution >= 4 is 20.7 Å². The lowest BCUT2D eigenvalue weighted by Gasteiger charge is -2.43. The summed E-state index contributed by atoms with van der Waals surface area (Å²) < 4.78 is 18.0. The SMILES string of the molecule is CC(C)(C)OC(=O)N1[C@H]([C@H](CC=O)O[Si](C)(C)C(C)(C)C)COC1(C)C. The number of carbonyl (C=O) groups is 2. The molecule has 1 heterocycles. The van der Waals surface area contributed by atoms with Crippen LogP contribution in [0.4, 0.5) is 4.79 Å². The van der Waals surface area contributed by atoms with Gasteiger partial charge in [-0.25, -0.2) is 4.79 Å². The van der Waals surface area contributed by atoms with Gasteiger partial charge in [-0.15, -0.1) is 0 Å². The summed E-state index contributed by atoms with van der Waals surface area (Å²) in [4.78, 5) is 25.8. The third kappa shape index (κ3) is 5.54. The lowest BCUT2D eigenvalue weighted by atomic mass is 10.1. The predicted molar refractivity (Wildman–Crippen MR) is 105 cm³/mol. The van der Waals surface area contributed by atoms with Crippen LogP contribution in [-0.2, 0) is 18.7 Å². The number of amides is 1. The van der Waals surface area contributed by atoms with Gasteiger partial charge in [0.15, 0.2) is 8.32 Å². The highest BCUT2D eigenvalue weighted by atomic mass is 28.4. The van der Waals surface area contributed by atoms with Crippen molar-refractivity contribution in [3.8, 4) is 0 Å². The van der Waals surface area contributed by atoms with E-state index in [1.54, 1.807) is 4.90 Å². The second-order valence-electron chi connectivity index (χ2n) is 9.99. The molecule has 26 heavy (non-hydrogen) atoms. The van der Waals surface area contributed by atoms with Crippen LogP contribution in [0.15, 0.2) is 0 Å². The molecule has 0 spiro atoms. The lowest BCUT2D eigenvalue weighted by Crippen LogP contribution is -2.56. The average Bonchev–Trinajstić information content (AvgIpc) is 2.70. The van der Waals surface area contributed by atoms with Crippen molar-refractivity contribution in [1.82, 2.24) is 4.90 Å². The second kappa shape index (κ2) is 7.60. The summed E-state index contributed by atoms with van der Waals surface area (Å²) in [6, 6.07) is -0.362. The molecule has 0 saturated carbocycles. The van der Waals surface area contributed by atoms with Crippen molar-refractivity contribution in [2.75, 3.05) is 6.61 Å². The molecule has 1 amide bonds. The van der Waals surface area contributed by atoms with Crippen LogP contribution >= 0.6 is 0 Å². The number of nitrogens with zero attached hydrogens (tertiary/aromatic N) is 1. The van der Waals surface area contributed by atoms with Gasteiger partial charge in [-0.05, 0) is 52.8 Å². The molecule has 1 fully saturated rings. The van der Waals surface area contributed by atoms with E-state index >= 15 is 0 Å². The summed E-state index contributed by atoms with van der Waals surface area (Å²) in [5.74, 6) is 0. The highest BCUT2D eigenvalue weighted by molar-refractivity contribution is 6.74. The van der Waals surface area contributed by atoms with Gasteiger partial charge in [0.05, 0.1) is 18.8 Å². The summed E-state index contributed by atoms with van der Waals surface area (Å²) in [5.41, 5.74) is -1.42. The number of ether oxygens (including phenoxy) is 2. The molecule has 7 heteroatoms. The first-order valence-electron chi connectivity index (χ1n) is 9.29. The third-order valence-corrected chi connectivity index (χ3v) is 9.62. The number of aldehydes is 1. The molecule has 0 bridgehead atoms. The fourth-order valence-electron chi connectivity index (χ4n) is 2.71. The van der Waals surface area contributed by atoms with Crippen LogP contribution < -0.4 is 0 Å². The molecule has 0 N–H and O–H groups in total. The van der Waals surface area contributed by atoms with Crippen molar-refractivity contribution in [2.45, 2.75) is 103 Å². The Morgan fingerprint density at radius 2 is 1.81 bits per heavy atom. The Morgan fingerprint density at radius 1 is 1.27 bits per heavy atom. The molecule has 0 aromatic carbocycles. The Hall–Kier alpha value is -0.923. The molecule has 0 aromatic heterocycles. The van der Waals surface area contributed by atoms with Gasteiger partial charge in [0.25, 0.3) is 0 Å². The van der Waals surface area contributed by atoms with Gasteiger partial charge in [-0.2, -0.15) is 0 Å². The first-order valence-corrected chi connectivity index (χ1v) is 12.2. The average molecular weight is 388 g/mol. The van der Waals surface area contributed by atoms with Crippen molar-refractivity contribution in [2.24, 2.45) is 0 Å². The second-order valence-corrected chi connectivity index (χ2v) is 14.8. The minimum Gasteiger partial charge on any atom is -0.444 e. The molecule has 152 valence electrons. The Balaban J connectivity index is 3.15. The molecule has 1 aliphatic rings. The number of rotatable bonds is 5. The Morgan fingerprint density at radius 3 is 2.23 bits per heavy atom. The van der Waals surface area contributed by atoms with E-state index in [2.05, 4.69) is 33.9 Å². The minimum absolute atomic E-state index is 0.000137. The van der Waals surface area contributed by atoms with E-state index in [-0.39, 0.29) is 17.5 Å². The third-order valence-electron chi connectivity index (χ3n) is 5.12. The van der Waals surface area contributed by atoms with Crippen LogP contribution in [0.3, 0.4) is 0 Å². The number of hydrogen-bond donors (Lipinski definition) is 0. The Bertz CT molecular complexity index is 519. The molecule has 0 radical (unpaired) electrons. The normalized spacial score (nSPS) is 22.2. The maximum Gasteiger partial charge on any atom is 0.412 e. The molecule has 1 aliphatic heterocycles. The van der Waals surface area contributed by atoms with Crippen molar-refractivity contribution < 1.29 is 23.5 Å². The molecule has 0 unspecified atom stereocenters. The minimum atomic E-state index is -2.12. The van der Waals surface area contributed by atoms with Gasteiger partial charge >= 0.3 is 6.09 Å². The Labute approximate surface area is 159 Å². The molecular weight excluding hydrogens is 350 g/mol. The van der Waals surface area contributed by atoms with Crippen molar-refractivity contribution in [3.63, 3.8) is 0 Å². The zero-order chi connectivity index (χ0) is 20.6. The summed E-state index contributed by atoms with van der Waals surface area (Å²) >= 11 is 0. The maximum atomic E-state index is 12.8. The van der Waals surface area contributed by atoms with Crippen LogP contribution in [0, 0.1) is 0 Å². The molecule has 1 rings (SSSR count). The van der Waals surface area contributed by atoms with Gasteiger partial charge in [-0.3, -0.25) is 4.90 Å². The molecule has 0 aromatic rings. The van der Waals surface area contributed by atoms with Crippen LogP contribution in [0.2, 0.25) is 18.1 Å². The van der Waals surface area contributed by atoms with E-state index in [0.717, 1.165) is 6.29 Å². The van der Waals surface area contributed by atoms with E-state index in [4.69, 9.17) is 13.9 Å². The summed E-state index contributed by atoms with van der Waals surface area (Å²) in [7, 11) is -2.12. The quantitative estimate of drug-likeness (QED) is 0.519. The number of carbonyl (C=O) groups excluding carboxylic acids is 2. The van der Waals surface area contributed by atoms with Crippen LogP contribution in [-0.4, -0.2) is 55.7 Å². The first-order chi connectivity index (χ1) is 11.5. The monoisotopic (exact) mass is 387 g/mol. The Kier molecular flexibility index (Phi) is 6.76.